The van der Waals surface area contributed by atoms with E-state index in [2.05, 4.69) is 73.9 Å². The molecule has 0 saturated carbocycles. The van der Waals surface area contributed by atoms with Crippen LogP contribution in [-0.2, 0) is 39.8 Å². The van der Waals surface area contributed by atoms with Crippen molar-refractivity contribution >= 4 is 23.9 Å². The van der Waals surface area contributed by atoms with E-state index < -0.39 is 5.97 Å². The van der Waals surface area contributed by atoms with Crippen LogP contribution in [0, 0.1) is 0 Å². The number of hydrogen-bond acceptors (Lipinski definition) is 7. The fourth-order valence-electron chi connectivity index (χ4n) is 1.70. The minimum atomic E-state index is -0.935. The van der Waals surface area contributed by atoms with Crippen molar-refractivity contribution in [3.8, 4) is 0 Å². The summed E-state index contributed by atoms with van der Waals surface area (Å²) in [6, 6.07) is 10.5. The third kappa shape index (κ3) is 36.2. The number of carboxylic acids is 1. The second kappa shape index (κ2) is 31.3. The van der Waals surface area contributed by atoms with Gasteiger partial charge in [0, 0.05) is 22.8 Å². The highest BCUT2D eigenvalue weighted by Crippen LogP contribution is 1.97. The summed E-state index contributed by atoms with van der Waals surface area (Å²) >= 11 is 0. The topological polar surface area (TPSA) is 116 Å². The van der Waals surface area contributed by atoms with E-state index in [1.165, 1.54) is 25.7 Å². The van der Waals surface area contributed by atoms with Crippen LogP contribution < -0.4 is 0 Å². The number of esters is 3. The van der Waals surface area contributed by atoms with Gasteiger partial charge in [0.05, 0.1) is 20.3 Å². The highest BCUT2D eigenvalue weighted by atomic mass is 16.5. The fraction of sp³-hybridized carbons (Fsp3) is 0.438. The Labute approximate surface area is 241 Å². The summed E-state index contributed by atoms with van der Waals surface area (Å²) in [6.45, 7) is 25.2. The van der Waals surface area contributed by atoms with E-state index in [1.807, 2.05) is 13.0 Å². The third-order valence-corrected chi connectivity index (χ3v) is 4.14. The Hall–Kier alpha value is -3.94. The van der Waals surface area contributed by atoms with Crippen LogP contribution in [0.25, 0.3) is 0 Å². The maximum atomic E-state index is 10.7. The molecule has 0 aliphatic heterocycles. The molecule has 0 aromatic heterocycles. The first-order chi connectivity index (χ1) is 18.7. The molecule has 8 nitrogen and oxygen atoms in total. The van der Waals surface area contributed by atoms with E-state index in [0.29, 0.717) is 24.4 Å². The smallest absolute Gasteiger partial charge is 0.333 e. The summed E-state index contributed by atoms with van der Waals surface area (Å²) in [4.78, 5) is 40.8. The zero-order chi connectivity index (χ0) is 31.9. The van der Waals surface area contributed by atoms with Gasteiger partial charge in [0.2, 0.25) is 0 Å². The van der Waals surface area contributed by atoms with Gasteiger partial charge in [-0.05, 0) is 45.6 Å². The third-order valence-electron chi connectivity index (χ3n) is 4.14. The minimum absolute atomic E-state index is 0.176. The zero-order valence-corrected chi connectivity index (χ0v) is 25.5. The van der Waals surface area contributed by atoms with Crippen molar-refractivity contribution in [3.63, 3.8) is 0 Å². The number of aryl methyl sites for hydroxylation is 1. The predicted molar refractivity (Wildman–Crippen MR) is 162 cm³/mol. The standard InChI is InChI=1S/C8H14O2.C8H10.C7H12O2.C5H8O2.C4H6O2/c1-4-5-6-10-8(9)7(2)3;1-2-8-6-4-3-5-7-8;1-3-5-6-9-7(8)4-2;1-4(2)5(6)7-3;1-3(2)4(5)6/h2,4-6H2,1,3H3;3-7H,2H2,1H3;4H,2-3,5-6H2,1H3;1H2,2-3H3;1H2,2H3,(H,5,6). The maximum Gasteiger partial charge on any atom is 0.333 e. The van der Waals surface area contributed by atoms with Crippen molar-refractivity contribution in [3.05, 3.63) is 85.0 Å². The number of carboxylic acid groups (broad SMARTS) is 1. The molecule has 40 heavy (non-hydrogen) atoms. The molecule has 0 aliphatic carbocycles. The van der Waals surface area contributed by atoms with Crippen molar-refractivity contribution in [2.75, 3.05) is 20.3 Å². The van der Waals surface area contributed by atoms with E-state index >= 15 is 0 Å². The van der Waals surface area contributed by atoms with Crippen molar-refractivity contribution in [2.24, 2.45) is 0 Å². The Bertz CT molecular complexity index is 873. The molecule has 1 aromatic rings. The number of ether oxygens (including phenoxy) is 3. The second-order valence-corrected chi connectivity index (χ2v) is 8.19. The quantitative estimate of drug-likeness (QED) is 0.132. The highest BCUT2D eigenvalue weighted by molar-refractivity contribution is 5.87. The summed E-state index contributed by atoms with van der Waals surface area (Å²) in [7, 11) is 1.33. The lowest BCUT2D eigenvalue weighted by Gasteiger charge is -2.01. The number of unbranched alkanes of at least 4 members (excludes halogenated alkanes) is 2. The Morgan fingerprint density at radius 2 is 1.20 bits per heavy atom. The fourth-order valence-corrected chi connectivity index (χ4v) is 1.70. The lowest BCUT2D eigenvalue weighted by molar-refractivity contribution is -0.139. The van der Waals surface area contributed by atoms with E-state index in [0.717, 1.165) is 32.1 Å². The summed E-state index contributed by atoms with van der Waals surface area (Å²) in [5.74, 6) is -1.90. The molecule has 0 aliphatic rings. The van der Waals surface area contributed by atoms with Gasteiger partial charge in [-0.3, -0.25) is 0 Å². The van der Waals surface area contributed by atoms with E-state index in [4.69, 9.17) is 9.84 Å². The van der Waals surface area contributed by atoms with Gasteiger partial charge in [-0.25, -0.2) is 19.2 Å². The largest absolute Gasteiger partial charge is 0.478 e. The molecule has 0 spiro atoms. The Kier molecular flexibility index (Phi) is 33.7. The Balaban J connectivity index is -0.000000205. The average molecular weight is 563 g/mol. The van der Waals surface area contributed by atoms with Crippen molar-refractivity contribution in [1.82, 2.24) is 0 Å². The molecule has 226 valence electrons. The summed E-state index contributed by atoms with van der Waals surface area (Å²) in [6.07, 6.45) is 6.27. The first-order valence-corrected chi connectivity index (χ1v) is 13.0. The minimum Gasteiger partial charge on any atom is -0.478 e. The van der Waals surface area contributed by atoms with Crippen LogP contribution in [0.2, 0.25) is 0 Å². The molecule has 1 rings (SSSR count). The average Bonchev–Trinajstić information content (AvgIpc) is 2.94. The van der Waals surface area contributed by atoms with Crippen LogP contribution in [0.4, 0.5) is 0 Å². The van der Waals surface area contributed by atoms with Crippen molar-refractivity contribution in [1.29, 1.82) is 0 Å². The van der Waals surface area contributed by atoms with Crippen LogP contribution in [0.3, 0.4) is 0 Å². The lowest BCUT2D eigenvalue weighted by atomic mass is 10.2. The lowest BCUT2D eigenvalue weighted by Crippen LogP contribution is -2.05. The molecule has 8 heteroatoms. The molecule has 0 saturated heterocycles. The second-order valence-electron chi connectivity index (χ2n) is 8.19. The summed E-state index contributed by atoms with van der Waals surface area (Å²) in [5, 5.41) is 7.89. The molecule has 0 radical (unpaired) electrons. The number of hydrogen-bond donors (Lipinski definition) is 1. The molecule has 0 heterocycles. The van der Waals surface area contributed by atoms with Gasteiger partial charge in [0.1, 0.15) is 0 Å². The predicted octanol–water partition coefficient (Wildman–Crippen LogP) is 7.05. The van der Waals surface area contributed by atoms with Crippen LogP contribution in [0.15, 0.2) is 79.4 Å². The van der Waals surface area contributed by atoms with E-state index in [1.54, 1.807) is 13.8 Å². The van der Waals surface area contributed by atoms with Gasteiger partial charge < -0.3 is 19.3 Å². The van der Waals surface area contributed by atoms with Crippen LogP contribution in [-0.4, -0.2) is 49.3 Å². The molecule has 1 N–H and O–H groups in total. The summed E-state index contributed by atoms with van der Waals surface area (Å²) in [5.41, 5.74) is 2.49. The Morgan fingerprint density at radius 3 is 1.45 bits per heavy atom. The van der Waals surface area contributed by atoms with Crippen LogP contribution in [0.5, 0.6) is 0 Å². The van der Waals surface area contributed by atoms with Gasteiger partial charge in [-0.15, -0.1) is 0 Å². The molecular formula is C32H50O8. The van der Waals surface area contributed by atoms with Crippen LogP contribution in [0.1, 0.15) is 72.8 Å². The van der Waals surface area contributed by atoms with Gasteiger partial charge in [0.15, 0.2) is 0 Å². The number of carbonyl (C=O) groups is 4. The molecule has 0 bridgehead atoms. The number of benzene rings is 1. The van der Waals surface area contributed by atoms with Crippen LogP contribution >= 0.6 is 0 Å². The molecule has 1 aromatic carbocycles. The van der Waals surface area contributed by atoms with Gasteiger partial charge in [0.25, 0.3) is 0 Å². The zero-order valence-electron chi connectivity index (χ0n) is 25.5. The van der Waals surface area contributed by atoms with E-state index in [9.17, 15) is 19.2 Å². The van der Waals surface area contributed by atoms with Gasteiger partial charge in [-0.2, -0.15) is 0 Å². The monoisotopic (exact) mass is 562 g/mol. The molecule has 0 atom stereocenters. The SMILES string of the molecule is C=C(C)C(=O)O.C=C(C)C(=O)OC.C=C(C)C(=O)OCCCC.C=CC(=O)OCCCC.CCc1ccccc1. The molecule has 0 fully saturated rings. The summed E-state index contributed by atoms with van der Waals surface area (Å²) < 4.78 is 13.8. The van der Waals surface area contributed by atoms with Crippen molar-refractivity contribution in [2.45, 2.75) is 73.6 Å². The Morgan fingerprint density at radius 1 is 0.775 bits per heavy atom. The molecule has 0 unspecified atom stereocenters. The first-order valence-electron chi connectivity index (χ1n) is 13.0. The normalized spacial score (nSPS) is 8.47. The molecule has 0 amide bonds. The number of carbonyl (C=O) groups excluding carboxylic acids is 3. The van der Waals surface area contributed by atoms with Gasteiger partial charge in [-0.1, -0.05) is 90.3 Å². The number of methoxy groups -OCH3 is 1. The first kappa shape index (κ1) is 43.1. The van der Waals surface area contributed by atoms with E-state index in [-0.39, 0.29) is 23.5 Å². The number of rotatable bonds is 11. The van der Waals surface area contributed by atoms with Gasteiger partial charge >= 0.3 is 23.9 Å². The number of aliphatic carboxylic acids is 1. The maximum absolute atomic E-state index is 10.7. The highest BCUT2D eigenvalue weighted by Gasteiger charge is 2.00. The van der Waals surface area contributed by atoms with Crippen molar-refractivity contribution < 1.29 is 38.5 Å². The molecular weight excluding hydrogens is 512 g/mol.